The molecule has 0 bridgehead atoms. The van der Waals surface area contributed by atoms with Crippen LogP contribution in [0, 0.1) is 6.92 Å². The topological polar surface area (TPSA) is 54.4 Å². The summed E-state index contributed by atoms with van der Waals surface area (Å²) < 4.78 is 0. The van der Waals surface area contributed by atoms with Gasteiger partial charge in [0.1, 0.15) is 0 Å². The molecule has 0 saturated heterocycles. The second kappa shape index (κ2) is 10.6. The van der Waals surface area contributed by atoms with E-state index in [1.54, 1.807) is 17.6 Å². The van der Waals surface area contributed by atoms with Crippen LogP contribution in [0.4, 0.5) is 0 Å². The first-order valence-electron chi connectivity index (χ1n) is 8.66. The van der Waals surface area contributed by atoms with E-state index < -0.39 is 0 Å². The third-order valence-electron chi connectivity index (χ3n) is 3.65. The lowest BCUT2D eigenvalue weighted by Gasteiger charge is -2.03. The number of hydrogen-bond acceptors (Lipinski definition) is 4. The Bertz CT molecular complexity index is 720. The fourth-order valence-electron chi connectivity index (χ4n) is 2.40. The first-order chi connectivity index (χ1) is 12.2. The molecule has 0 atom stereocenters. The number of carbonyl (C=O) groups excluding carboxylic acids is 1. The van der Waals surface area contributed by atoms with Crippen LogP contribution in [0.3, 0.4) is 0 Å². The molecule has 1 aromatic heterocycles. The van der Waals surface area contributed by atoms with Gasteiger partial charge in [-0.15, -0.1) is 11.3 Å². The number of allylic oxidation sites excluding steroid dienone is 1. The van der Waals surface area contributed by atoms with Gasteiger partial charge in [0.15, 0.2) is 0 Å². The average molecular weight is 356 g/mol. The van der Waals surface area contributed by atoms with E-state index in [0.717, 1.165) is 34.7 Å². The number of nitrogens with one attached hydrogen (secondary N) is 1. The third kappa shape index (κ3) is 7.44. The number of hydrogen-bond donors (Lipinski definition) is 1. The number of aryl methyl sites for hydroxylation is 1. The Balaban J connectivity index is 1.93. The maximum absolute atomic E-state index is 11.9. The van der Waals surface area contributed by atoms with Gasteiger partial charge in [-0.25, -0.2) is 10.4 Å². The highest BCUT2D eigenvalue weighted by Gasteiger charge is 2.05. The van der Waals surface area contributed by atoms with E-state index >= 15 is 0 Å². The second-order valence-corrected chi connectivity index (χ2v) is 6.98. The van der Waals surface area contributed by atoms with E-state index in [2.05, 4.69) is 40.6 Å². The summed E-state index contributed by atoms with van der Waals surface area (Å²) in [6.45, 7) is 4.12. The zero-order valence-corrected chi connectivity index (χ0v) is 15.7. The van der Waals surface area contributed by atoms with E-state index in [1.165, 1.54) is 12.8 Å². The minimum Gasteiger partial charge on any atom is -0.273 e. The third-order valence-corrected chi connectivity index (χ3v) is 4.47. The molecular weight excluding hydrogens is 330 g/mol. The van der Waals surface area contributed by atoms with Crippen LogP contribution in [0.1, 0.15) is 48.9 Å². The van der Waals surface area contributed by atoms with E-state index in [-0.39, 0.29) is 12.3 Å². The Hall–Kier alpha value is -2.27. The van der Waals surface area contributed by atoms with Crippen LogP contribution in [0.2, 0.25) is 0 Å². The summed E-state index contributed by atoms with van der Waals surface area (Å²) in [6, 6.07) is 10.2. The molecular formula is C20H25N3OS. The molecule has 132 valence electrons. The number of thiazole rings is 1. The normalized spacial score (nSPS) is 11.8. The molecule has 0 spiro atoms. The Morgan fingerprint density at radius 1 is 1.28 bits per heavy atom. The molecule has 1 aromatic carbocycles. The maximum Gasteiger partial charge on any atom is 0.246 e. The fourth-order valence-corrected chi connectivity index (χ4v) is 3.01. The zero-order chi connectivity index (χ0) is 17.9. The number of benzene rings is 1. The van der Waals surface area contributed by atoms with Gasteiger partial charge < -0.3 is 0 Å². The van der Waals surface area contributed by atoms with Gasteiger partial charge in [-0.3, -0.25) is 4.79 Å². The van der Waals surface area contributed by atoms with Crippen molar-refractivity contribution in [2.24, 2.45) is 5.10 Å². The monoisotopic (exact) mass is 355 g/mol. The zero-order valence-electron chi connectivity index (χ0n) is 14.9. The predicted octanol–water partition coefficient (Wildman–Crippen LogP) is 4.76. The summed E-state index contributed by atoms with van der Waals surface area (Å²) in [7, 11) is 0. The van der Waals surface area contributed by atoms with E-state index in [9.17, 15) is 4.79 Å². The molecule has 25 heavy (non-hydrogen) atoms. The first kappa shape index (κ1) is 19.1. The van der Waals surface area contributed by atoms with Crippen LogP contribution in [0.25, 0.3) is 6.08 Å². The van der Waals surface area contributed by atoms with Crippen molar-refractivity contribution in [3.8, 4) is 0 Å². The molecule has 1 N–H and O–H groups in total. The molecule has 1 amide bonds. The average Bonchev–Trinajstić information content (AvgIpc) is 3.00. The van der Waals surface area contributed by atoms with Gasteiger partial charge in [0, 0.05) is 5.38 Å². The van der Waals surface area contributed by atoms with Crippen molar-refractivity contribution in [1.82, 2.24) is 10.4 Å². The highest BCUT2D eigenvalue weighted by molar-refractivity contribution is 7.09. The number of rotatable bonds is 9. The van der Waals surface area contributed by atoms with Crippen LogP contribution in [-0.2, 0) is 11.2 Å². The van der Waals surface area contributed by atoms with Crippen molar-refractivity contribution in [2.75, 3.05) is 0 Å². The van der Waals surface area contributed by atoms with E-state index in [0.29, 0.717) is 0 Å². The lowest BCUT2D eigenvalue weighted by atomic mass is 10.1. The smallest absolute Gasteiger partial charge is 0.246 e. The van der Waals surface area contributed by atoms with Crippen molar-refractivity contribution in [3.05, 3.63) is 57.6 Å². The molecule has 0 saturated carbocycles. The predicted molar refractivity (Wildman–Crippen MR) is 106 cm³/mol. The van der Waals surface area contributed by atoms with E-state index in [4.69, 9.17) is 0 Å². The van der Waals surface area contributed by atoms with Crippen molar-refractivity contribution >= 4 is 29.5 Å². The molecule has 0 radical (unpaired) electrons. The Labute approximate surface area is 153 Å². The summed E-state index contributed by atoms with van der Waals surface area (Å²) in [5.41, 5.74) is 5.65. The molecule has 5 heteroatoms. The van der Waals surface area contributed by atoms with Crippen LogP contribution in [0.5, 0.6) is 0 Å². The quantitative estimate of drug-likeness (QED) is 0.400. The minimum absolute atomic E-state index is 0.144. The number of unbranched alkanes of at least 4 members (excludes halogenated alkanes) is 2. The van der Waals surface area contributed by atoms with E-state index in [1.807, 2.05) is 30.5 Å². The van der Waals surface area contributed by atoms with Gasteiger partial charge >= 0.3 is 0 Å². The first-order valence-corrected chi connectivity index (χ1v) is 9.54. The van der Waals surface area contributed by atoms with Crippen LogP contribution in [0.15, 0.2) is 46.4 Å². The van der Waals surface area contributed by atoms with Gasteiger partial charge in [-0.05, 0) is 30.9 Å². The molecule has 1 heterocycles. The van der Waals surface area contributed by atoms with Gasteiger partial charge in [0.2, 0.25) is 5.91 Å². The summed E-state index contributed by atoms with van der Waals surface area (Å²) in [4.78, 5) is 16.2. The number of aromatic nitrogens is 1. The molecule has 0 aliphatic carbocycles. The lowest BCUT2D eigenvalue weighted by molar-refractivity contribution is -0.120. The molecule has 0 unspecified atom stereocenters. The molecule has 2 rings (SSSR count). The molecule has 4 nitrogen and oxygen atoms in total. The van der Waals surface area contributed by atoms with Gasteiger partial charge in [0.25, 0.3) is 0 Å². The Morgan fingerprint density at radius 2 is 2.08 bits per heavy atom. The molecule has 0 aliphatic heterocycles. The highest BCUT2D eigenvalue weighted by atomic mass is 32.1. The maximum atomic E-state index is 11.9. The summed E-state index contributed by atoms with van der Waals surface area (Å²) in [6.07, 6.45) is 8.58. The molecule has 2 aromatic rings. The Kier molecular flexibility index (Phi) is 8.05. The largest absolute Gasteiger partial charge is 0.273 e. The van der Waals surface area contributed by atoms with Gasteiger partial charge in [-0.1, -0.05) is 56.2 Å². The lowest BCUT2D eigenvalue weighted by Crippen LogP contribution is -2.20. The van der Waals surface area contributed by atoms with Crippen LogP contribution >= 0.6 is 11.3 Å². The minimum atomic E-state index is -0.144. The standard InChI is InChI=1S/C20H25N3OS/c1-3-4-6-11-18(12-17-9-7-5-8-10-17)14-21-23-20(24)13-19-15-25-16(2)22-19/h5,7-10,12,14-15H,3-4,6,11,13H2,1-2H3,(H,23,24). The van der Waals surface area contributed by atoms with Gasteiger partial charge in [0.05, 0.1) is 23.3 Å². The van der Waals surface area contributed by atoms with Crippen LogP contribution < -0.4 is 5.43 Å². The number of carbonyl (C=O) groups is 1. The summed E-state index contributed by atoms with van der Waals surface area (Å²) >= 11 is 1.55. The fraction of sp³-hybridized carbons (Fsp3) is 0.350. The number of amides is 1. The van der Waals surface area contributed by atoms with Crippen molar-refractivity contribution in [1.29, 1.82) is 0 Å². The van der Waals surface area contributed by atoms with Gasteiger partial charge in [-0.2, -0.15) is 5.10 Å². The number of nitrogens with zero attached hydrogens (tertiary/aromatic N) is 2. The van der Waals surface area contributed by atoms with Crippen molar-refractivity contribution in [2.45, 2.75) is 46.0 Å². The van der Waals surface area contributed by atoms with Crippen molar-refractivity contribution < 1.29 is 4.79 Å². The van der Waals surface area contributed by atoms with Crippen molar-refractivity contribution in [3.63, 3.8) is 0 Å². The summed E-state index contributed by atoms with van der Waals surface area (Å²) in [5.74, 6) is -0.144. The van der Waals surface area contributed by atoms with Crippen LogP contribution in [-0.4, -0.2) is 17.1 Å². The SMILES string of the molecule is CCCCCC(C=NNC(=O)Cc1csc(C)n1)=Cc1ccccc1. The second-order valence-electron chi connectivity index (χ2n) is 5.91. The highest BCUT2D eigenvalue weighted by Crippen LogP contribution is 2.12. The summed E-state index contributed by atoms with van der Waals surface area (Å²) in [5, 5.41) is 7.01. The number of hydrazone groups is 1. The molecule has 0 aliphatic rings. The molecule has 0 fully saturated rings. The Morgan fingerprint density at radius 3 is 2.76 bits per heavy atom.